The number of ether oxygens (including phenoxy) is 2. The van der Waals surface area contributed by atoms with Crippen molar-refractivity contribution in [2.24, 2.45) is 0 Å². The molecule has 0 bridgehead atoms. The molecule has 0 aliphatic carbocycles. The highest BCUT2D eigenvalue weighted by molar-refractivity contribution is 7.11. The molecule has 1 fully saturated rings. The lowest BCUT2D eigenvalue weighted by Crippen LogP contribution is -2.37. The van der Waals surface area contributed by atoms with Gasteiger partial charge < -0.3 is 20.5 Å². The largest absolute Gasteiger partial charge is 0.465 e. The van der Waals surface area contributed by atoms with Crippen molar-refractivity contribution < 1.29 is 14.3 Å². The molecular formula is C12H20N4O3S. The van der Waals surface area contributed by atoms with Crippen LogP contribution in [0.5, 0.6) is 0 Å². The molecule has 1 aromatic rings. The number of morpholine rings is 1. The van der Waals surface area contributed by atoms with Gasteiger partial charge in [-0.2, -0.15) is 4.37 Å². The SMILES string of the molecule is COC(=O)c1c(N)nsc1NCCCN1CCOCC1. The topological polar surface area (TPSA) is 89.7 Å². The number of methoxy groups -OCH3 is 1. The van der Waals surface area contributed by atoms with E-state index in [2.05, 4.69) is 14.6 Å². The Morgan fingerprint density at radius 1 is 1.55 bits per heavy atom. The maximum atomic E-state index is 11.6. The summed E-state index contributed by atoms with van der Waals surface area (Å²) in [6.45, 7) is 5.37. The van der Waals surface area contributed by atoms with Crippen LogP contribution in [0.3, 0.4) is 0 Å². The quantitative estimate of drug-likeness (QED) is 0.589. The van der Waals surface area contributed by atoms with Crippen LogP contribution in [0.2, 0.25) is 0 Å². The van der Waals surface area contributed by atoms with Crippen LogP contribution in [0, 0.1) is 0 Å². The van der Waals surface area contributed by atoms with Gasteiger partial charge in [-0.05, 0) is 24.5 Å². The molecule has 112 valence electrons. The third-order valence-electron chi connectivity index (χ3n) is 3.15. The van der Waals surface area contributed by atoms with Gasteiger partial charge in [0.05, 0.1) is 20.3 Å². The van der Waals surface area contributed by atoms with E-state index in [1.165, 1.54) is 18.6 Å². The Hall–Kier alpha value is -1.38. The molecule has 1 aliphatic heterocycles. The average molecular weight is 300 g/mol. The second-order valence-corrected chi connectivity index (χ2v) is 5.27. The number of nitrogen functional groups attached to an aromatic ring is 1. The van der Waals surface area contributed by atoms with Crippen LogP contribution in [0.15, 0.2) is 0 Å². The Morgan fingerprint density at radius 2 is 2.30 bits per heavy atom. The van der Waals surface area contributed by atoms with E-state index < -0.39 is 5.97 Å². The lowest BCUT2D eigenvalue weighted by Gasteiger charge is -2.26. The summed E-state index contributed by atoms with van der Waals surface area (Å²) in [7, 11) is 1.33. The Kier molecular flexibility index (Phi) is 5.57. The Bertz CT molecular complexity index is 446. The van der Waals surface area contributed by atoms with Gasteiger partial charge in [-0.25, -0.2) is 4.79 Å². The van der Waals surface area contributed by atoms with E-state index in [-0.39, 0.29) is 5.82 Å². The fourth-order valence-corrected chi connectivity index (χ4v) is 2.78. The van der Waals surface area contributed by atoms with Crippen molar-refractivity contribution in [2.75, 3.05) is 57.6 Å². The van der Waals surface area contributed by atoms with Gasteiger partial charge in [0.25, 0.3) is 0 Å². The molecule has 0 amide bonds. The summed E-state index contributed by atoms with van der Waals surface area (Å²) in [4.78, 5) is 14.0. The van der Waals surface area contributed by atoms with E-state index >= 15 is 0 Å². The van der Waals surface area contributed by atoms with E-state index in [9.17, 15) is 4.79 Å². The zero-order chi connectivity index (χ0) is 14.4. The third kappa shape index (κ3) is 3.81. The van der Waals surface area contributed by atoms with Crippen molar-refractivity contribution in [3.8, 4) is 0 Å². The van der Waals surface area contributed by atoms with Gasteiger partial charge >= 0.3 is 5.97 Å². The van der Waals surface area contributed by atoms with Crippen molar-refractivity contribution in [1.82, 2.24) is 9.27 Å². The average Bonchev–Trinajstić information content (AvgIpc) is 2.85. The first-order valence-electron chi connectivity index (χ1n) is 6.60. The van der Waals surface area contributed by atoms with E-state index in [1.54, 1.807) is 0 Å². The van der Waals surface area contributed by atoms with E-state index in [0.29, 0.717) is 10.6 Å². The van der Waals surface area contributed by atoms with Crippen LogP contribution in [-0.4, -0.2) is 61.7 Å². The summed E-state index contributed by atoms with van der Waals surface area (Å²) in [5.41, 5.74) is 6.01. The molecular weight excluding hydrogens is 280 g/mol. The summed E-state index contributed by atoms with van der Waals surface area (Å²) >= 11 is 1.19. The van der Waals surface area contributed by atoms with Crippen molar-refractivity contribution >= 4 is 28.3 Å². The predicted molar refractivity (Wildman–Crippen MR) is 78.2 cm³/mol. The minimum atomic E-state index is -0.452. The van der Waals surface area contributed by atoms with Crippen LogP contribution in [0.25, 0.3) is 0 Å². The highest BCUT2D eigenvalue weighted by Crippen LogP contribution is 2.27. The van der Waals surface area contributed by atoms with Gasteiger partial charge in [-0.15, -0.1) is 0 Å². The molecule has 2 heterocycles. The summed E-state index contributed by atoms with van der Waals surface area (Å²) in [6.07, 6.45) is 0.985. The first kappa shape index (κ1) is 15.0. The van der Waals surface area contributed by atoms with Crippen LogP contribution >= 0.6 is 11.5 Å². The van der Waals surface area contributed by atoms with Gasteiger partial charge in [0.2, 0.25) is 0 Å². The molecule has 8 heteroatoms. The van der Waals surface area contributed by atoms with Crippen molar-refractivity contribution in [3.63, 3.8) is 0 Å². The highest BCUT2D eigenvalue weighted by Gasteiger charge is 2.19. The van der Waals surface area contributed by atoms with Crippen molar-refractivity contribution in [3.05, 3.63) is 5.56 Å². The first-order valence-corrected chi connectivity index (χ1v) is 7.37. The highest BCUT2D eigenvalue weighted by atomic mass is 32.1. The van der Waals surface area contributed by atoms with Gasteiger partial charge in [0, 0.05) is 19.6 Å². The second kappa shape index (κ2) is 7.41. The molecule has 3 N–H and O–H groups in total. The lowest BCUT2D eigenvalue weighted by atomic mass is 10.3. The molecule has 1 aromatic heterocycles. The molecule has 0 aromatic carbocycles. The normalized spacial score (nSPS) is 16.1. The van der Waals surface area contributed by atoms with Crippen molar-refractivity contribution in [1.29, 1.82) is 0 Å². The second-order valence-electron chi connectivity index (χ2n) is 4.50. The fraction of sp³-hybridized carbons (Fsp3) is 0.667. The van der Waals surface area contributed by atoms with Crippen LogP contribution in [-0.2, 0) is 9.47 Å². The van der Waals surface area contributed by atoms with Gasteiger partial charge in [0.15, 0.2) is 5.82 Å². The summed E-state index contributed by atoms with van der Waals surface area (Å²) < 4.78 is 14.0. The van der Waals surface area contributed by atoms with E-state index in [1.807, 2.05) is 0 Å². The minimum absolute atomic E-state index is 0.220. The van der Waals surface area contributed by atoms with E-state index in [0.717, 1.165) is 45.8 Å². The lowest BCUT2D eigenvalue weighted by molar-refractivity contribution is 0.0378. The number of hydrogen-bond donors (Lipinski definition) is 2. The number of aromatic nitrogens is 1. The van der Waals surface area contributed by atoms with Gasteiger partial charge in [-0.1, -0.05) is 0 Å². The summed E-state index contributed by atoms with van der Waals surface area (Å²) in [5.74, 6) is -0.232. The fourth-order valence-electron chi connectivity index (χ4n) is 2.05. The van der Waals surface area contributed by atoms with Crippen LogP contribution in [0.1, 0.15) is 16.8 Å². The van der Waals surface area contributed by atoms with Crippen LogP contribution < -0.4 is 11.1 Å². The Labute approximate surface area is 122 Å². The van der Waals surface area contributed by atoms with Crippen LogP contribution in [0.4, 0.5) is 10.8 Å². The standard InChI is InChI=1S/C12H20N4O3S/c1-18-12(17)9-10(13)15-20-11(9)14-3-2-4-16-5-7-19-8-6-16/h14H,2-8H2,1H3,(H2,13,15). The predicted octanol–water partition coefficient (Wildman–Crippen LogP) is 0.646. The zero-order valence-corrected chi connectivity index (χ0v) is 12.4. The molecule has 2 rings (SSSR count). The number of rotatable bonds is 6. The number of esters is 1. The molecule has 20 heavy (non-hydrogen) atoms. The molecule has 0 unspecified atom stereocenters. The third-order valence-corrected chi connectivity index (χ3v) is 3.97. The number of nitrogens with one attached hydrogen (secondary N) is 1. The first-order chi connectivity index (χ1) is 9.72. The minimum Gasteiger partial charge on any atom is -0.465 e. The number of anilines is 2. The molecule has 1 saturated heterocycles. The number of hydrogen-bond acceptors (Lipinski definition) is 8. The Balaban J connectivity index is 1.77. The molecule has 7 nitrogen and oxygen atoms in total. The maximum absolute atomic E-state index is 11.6. The molecule has 1 aliphatic rings. The summed E-state index contributed by atoms with van der Waals surface area (Å²) in [5, 5.41) is 3.88. The molecule has 0 spiro atoms. The number of nitrogens with two attached hydrogens (primary N) is 1. The number of carbonyl (C=O) groups is 1. The zero-order valence-electron chi connectivity index (χ0n) is 11.6. The Morgan fingerprint density at radius 3 is 3.00 bits per heavy atom. The van der Waals surface area contributed by atoms with Gasteiger partial charge in [-0.3, -0.25) is 4.90 Å². The smallest absolute Gasteiger partial charge is 0.344 e. The monoisotopic (exact) mass is 300 g/mol. The maximum Gasteiger partial charge on any atom is 0.344 e. The molecule has 0 atom stereocenters. The molecule has 0 radical (unpaired) electrons. The molecule has 0 saturated carbocycles. The van der Waals surface area contributed by atoms with Crippen molar-refractivity contribution in [2.45, 2.75) is 6.42 Å². The summed E-state index contributed by atoms with van der Waals surface area (Å²) in [6, 6.07) is 0. The number of carbonyl (C=O) groups excluding carboxylic acids is 1. The van der Waals surface area contributed by atoms with E-state index in [4.69, 9.17) is 15.2 Å². The number of nitrogens with zero attached hydrogens (tertiary/aromatic N) is 2. The van der Waals surface area contributed by atoms with Gasteiger partial charge in [0.1, 0.15) is 10.6 Å².